The van der Waals surface area contributed by atoms with Crippen molar-refractivity contribution in [2.24, 2.45) is 5.10 Å². The number of benzene rings is 3. The molecule has 0 aliphatic heterocycles. The number of anilines is 2. The molecule has 3 rings (SSSR count). The SMILES string of the molecule is O=C(CCC(=O)N(c1ccccc1)c1ccccc1)N/N=C/c1ccccc1. The van der Waals surface area contributed by atoms with E-state index >= 15 is 0 Å². The Kier molecular flexibility index (Phi) is 6.68. The van der Waals surface area contributed by atoms with Crippen molar-refractivity contribution >= 4 is 29.4 Å². The van der Waals surface area contributed by atoms with Crippen molar-refractivity contribution in [1.82, 2.24) is 5.43 Å². The highest BCUT2D eigenvalue weighted by Crippen LogP contribution is 2.26. The van der Waals surface area contributed by atoms with Crippen LogP contribution < -0.4 is 10.3 Å². The molecule has 0 spiro atoms. The van der Waals surface area contributed by atoms with Crippen molar-refractivity contribution in [3.05, 3.63) is 96.6 Å². The van der Waals surface area contributed by atoms with Crippen LogP contribution in [-0.4, -0.2) is 18.0 Å². The van der Waals surface area contributed by atoms with E-state index in [1.165, 1.54) is 0 Å². The number of hydrogen-bond acceptors (Lipinski definition) is 3. The van der Waals surface area contributed by atoms with E-state index in [-0.39, 0.29) is 24.7 Å². The molecule has 1 N–H and O–H groups in total. The third kappa shape index (κ3) is 5.38. The molecule has 5 nitrogen and oxygen atoms in total. The number of amides is 2. The monoisotopic (exact) mass is 371 g/mol. The zero-order valence-electron chi connectivity index (χ0n) is 15.4. The van der Waals surface area contributed by atoms with Crippen LogP contribution in [0.3, 0.4) is 0 Å². The summed E-state index contributed by atoms with van der Waals surface area (Å²) in [6, 6.07) is 28.3. The van der Waals surface area contributed by atoms with Crippen LogP contribution in [0, 0.1) is 0 Å². The summed E-state index contributed by atoms with van der Waals surface area (Å²) in [7, 11) is 0. The second-order valence-electron chi connectivity index (χ2n) is 6.10. The Morgan fingerprint density at radius 2 is 1.25 bits per heavy atom. The molecular weight excluding hydrogens is 350 g/mol. The summed E-state index contributed by atoms with van der Waals surface area (Å²) in [5, 5.41) is 3.93. The minimum atomic E-state index is -0.304. The van der Waals surface area contributed by atoms with Crippen LogP contribution in [0.15, 0.2) is 96.1 Å². The molecule has 3 aromatic rings. The van der Waals surface area contributed by atoms with Crippen molar-refractivity contribution in [1.29, 1.82) is 0 Å². The van der Waals surface area contributed by atoms with Gasteiger partial charge in [0.05, 0.1) is 6.21 Å². The molecule has 140 valence electrons. The van der Waals surface area contributed by atoms with Gasteiger partial charge >= 0.3 is 0 Å². The molecule has 0 aliphatic carbocycles. The van der Waals surface area contributed by atoms with Crippen molar-refractivity contribution in [3.8, 4) is 0 Å². The molecule has 0 heterocycles. The quantitative estimate of drug-likeness (QED) is 0.498. The minimum absolute atomic E-state index is 0.0567. The number of hydrazone groups is 1. The summed E-state index contributed by atoms with van der Waals surface area (Å²) in [5.74, 6) is -0.457. The van der Waals surface area contributed by atoms with E-state index in [2.05, 4.69) is 10.5 Å². The first kappa shape index (κ1) is 19.0. The molecule has 0 radical (unpaired) electrons. The Balaban J connectivity index is 1.61. The Morgan fingerprint density at radius 1 is 0.750 bits per heavy atom. The summed E-state index contributed by atoms with van der Waals surface area (Å²) in [5.41, 5.74) is 4.88. The van der Waals surface area contributed by atoms with E-state index in [9.17, 15) is 9.59 Å². The molecule has 0 aromatic heterocycles. The van der Waals surface area contributed by atoms with Gasteiger partial charge in [-0.05, 0) is 29.8 Å². The van der Waals surface area contributed by atoms with E-state index in [1.54, 1.807) is 11.1 Å². The standard InChI is InChI=1S/C23H21N3O2/c27-22(25-24-18-19-10-4-1-5-11-19)16-17-23(28)26(20-12-6-2-7-13-20)21-14-8-3-9-15-21/h1-15,18H,16-17H2,(H,25,27)/b24-18+. The zero-order valence-corrected chi connectivity index (χ0v) is 15.4. The molecular formula is C23H21N3O2. The van der Waals surface area contributed by atoms with E-state index < -0.39 is 0 Å². The number of para-hydroxylation sites is 2. The number of nitrogens with zero attached hydrogens (tertiary/aromatic N) is 2. The highest BCUT2D eigenvalue weighted by atomic mass is 16.2. The Labute approximate surface area is 164 Å². The Morgan fingerprint density at radius 3 is 1.79 bits per heavy atom. The van der Waals surface area contributed by atoms with Gasteiger partial charge in [-0.3, -0.25) is 14.5 Å². The fraction of sp³-hybridized carbons (Fsp3) is 0.0870. The van der Waals surface area contributed by atoms with Gasteiger partial charge in [-0.1, -0.05) is 66.7 Å². The van der Waals surface area contributed by atoms with E-state index in [4.69, 9.17) is 0 Å². The van der Waals surface area contributed by atoms with Gasteiger partial charge < -0.3 is 0 Å². The van der Waals surface area contributed by atoms with Gasteiger partial charge in [0.15, 0.2) is 0 Å². The maximum atomic E-state index is 12.9. The number of carbonyl (C=O) groups is 2. The molecule has 0 aliphatic rings. The number of carbonyl (C=O) groups excluding carboxylic acids is 2. The third-order valence-electron chi connectivity index (χ3n) is 4.05. The maximum Gasteiger partial charge on any atom is 0.240 e. The Hall–Kier alpha value is -3.73. The van der Waals surface area contributed by atoms with Gasteiger partial charge in [0.2, 0.25) is 11.8 Å². The van der Waals surface area contributed by atoms with Crippen molar-refractivity contribution in [2.45, 2.75) is 12.8 Å². The van der Waals surface area contributed by atoms with Gasteiger partial charge in [-0.25, -0.2) is 5.43 Å². The topological polar surface area (TPSA) is 61.8 Å². The molecule has 3 aromatic carbocycles. The molecule has 0 fully saturated rings. The molecule has 0 saturated heterocycles. The van der Waals surface area contributed by atoms with Gasteiger partial charge in [-0.2, -0.15) is 5.10 Å². The normalized spacial score (nSPS) is 10.6. The molecule has 0 atom stereocenters. The van der Waals surface area contributed by atoms with Gasteiger partial charge in [0.1, 0.15) is 0 Å². The molecule has 0 saturated carbocycles. The summed E-state index contributed by atoms with van der Waals surface area (Å²) in [6.07, 6.45) is 1.71. The van der Waals surface area contributed by atoms with Crippen LogP contribution in [0.2, 0.25) is 0 Å². The lowest BCUT2D eigenvalue weighted by atomic mass is 10.2. The predicted molar refractivity (Wildman–Crippen MR) is 111 cm³/mol. The fourth-order valence-corrected chi connectivity index (χ4v) is 2.70. The summed E-state index contributed by atoms with van der Waals surface area (Å²) in [4.78, 5) is 26.5. The minimum Gasteiger partial charge on any atom is -0.281 e. The van der Waals surface area contributed by atoms with Gasteiger partial charge in [0.25, 0.3) is 0 Å². The summed E-state index contributed by atoms with van der Waals surface area (Å²) in [6.45, 7) is 0. The average Bonchev–Trinajstić information content (AvgIpc) is 2.75. The second kappa shape index (κ2) is 9.83. The van der Waals surface area contributed by atoms with Gasteiger partial charge in [-0.15, -0.1) is 0 Å². The first-order chi connectivity index (χ1) is 13.7. The summed E-state index contributed by atoms with van der Waals surface area (Å²) < 4.78 is 0. The Bertz CT molecular complexity index is 886. The molecule has 5 heteroatoms. The number of hydrogen-bond donors (Lipinski definition) is 1. The zero-order chi connectivity index (χ0) is 19.6. The highest BCUT2D eigenvalue weighted by Gasteiger charge is 2.18. The highest BCUT2D eigenvalue weighted by molar-refractivity contribution is 6.01. The smallest absolute Gasteiger partial charge is 0.240 e. The van der Waals surface area contributed by atoms with Crippen LogP contribution in [-0.2, 0) is 9.59 Å². The first-order valence-corrected chi connectivity index (χ1v) is 9.04. The van der Waals surface area contributed by atoms with Crippen molar-refractivity contribution in [3.63, 3.8) is 0 Å². The van der Waals surface area contributed by atoms with Gasteiger partial charge in [0, 0.05) is 24.2 Å². The molecule has 0 bridgehead atoms. The number of nitrogens with one attached hydrogen (secondary N) is 1. The van der Waals surface area contributed by atoms with E-state index in [0.717, 1.165) is 16.9 Å². The third-order valence-corrected chi connectivity index (χ3v) is 4.05. The lowest BCUT2D eigenvalue weighted by Crippen LogP contribution is -2.27. The largest absolute Gasteiger partial charge is 0.281 e. The van der Waals surface area contributed by atoms with E-state index in [1.807, 2.05) is 91.0 Å². The van der Waals surface area contributed by atoms with Crippen LogP contribution in [0.25, 0.3) is 0 Å². The first-order valence-electron chi connectivity index (χ1n) is 9.04. The molecule has 28 heavy (non-hydrogen) atoms. The van der Waals surface area contributed by atoms with Crippen LogP contribution in [0.4, 0.5) is 11.4 Å². The molecule has 2 amide bonds. The lowest BCUT2D eigenvalue weighted by molar-refractivity contribution is -0.124. The lowest BCUT2D eigenvalue weighted by Gasteiger charge is -2.23. The maximum absolute atomic E-state index is 12.9. The average molecular weight is 371 g/mol. The second-order valence-corrected chi connectivity index (χ2v) is 6.10. The number of rotatable bonds is 7. The van der Waals surface area contributed by atoms with Crippen molar-refractivity contribution in [2.75, 3.05) is 4.90 Å². The van der Waals surface area contributed by atoms with Crippen LogP contribution >= 0.6 is 0 Å². The predicted octanol–water partition coefficient (Wildman–Crippen LogP) is 4.28. The van der Waals surface area contributed by atoms with Crippen molar-refractivity contribution < 1.29 is 9.59 Å². The summed E-state index contributed by atoms with van der Waals surface area (Å²) >= 11 is 0. The van der Waals surface area contributed by atoms with Crippen LogP contribution in [0.5, 0.6) is 0 Å². The molecule has 0 unspecified atom stereocenters. The van der Waals surface area contributed by atoms with Crippen LogP contribution in [0.1, 0.15) is 18.4 Å². The fourth-order valence-electron chi connectivity index (χ4n) is 2.70. The van der Waals surface area contributed by atoms with E-state index in [0.29, 0.717) is 0 Å².